The van der Waals surface area contributed by atoms with Crippen molar-refractivity contribution in [1.29, 1.82) is 0 Å². The summed E-state index contributed by atoms with van der Waals surface area (Å²) in [5.41, 5.74) is 1.95. The fourth-order valence-corrected chi connectivity index (χ4v) is 3.56. The first kappa shape index (κ1) is 19.0. The van der Waals surface area contributed by atoms with E-state index in [9.17, 15) is 14.7 Å². The van der Waals surface area contributed by atoms with Crippen LogP contribution in [0, 0.1) is 13.8 Å². The number of carbonyl (C=O) groups is 2. The highest BCUT2D eigenvalue weighted by atomic mass is 35.5. The number of benzene rings is 2. The molecule has 2 aromatic carbocycles. The first-order chi connectivity index (χ1) is 13.9. The van der Waals surface area contributed by atoms with Crippen molar-refractivity contribution in [2.24, 2.45) is 0 Å². The number of aryl methyl sites for hydroxylation is 2. The molecular weight excluding hydrogens is 390 g/mol. The van der Waals surface area contributed by atoms with E-state index in [4.69, 9.17) is 16.0 Å². The first-order valence-corrected chi connectivity index (χ1v) is 9.44. The highest BCUT2D eigenvalue weighted by Crippen LogP contribution is 2.42. The summed E-state index contributed by atoms with van der Waals surface area (Å²) in [7, 11) is 0. The molecule has 1 unspecified atom stereocenters. The number of carbonyl (C=O) groups excluding carboxylic acids is 2. The lowest BCUT2D eigenvalue weighted by Crippen LogP contribution is -2.29. The largest absolute Gasteiger partial charge is 0.507 e. The van der Waals surface area contributed by atoms with Crippen molar-refractivity contribution in [2.75, 3.05) is 4.90 Å². The van der Waals surface area contributed by atoms with E-state index in [1.807, 2.05) is 19.1 Å². The highest BCUT2D eigenvalue weighted by molar-refractivity contribution is 6.51. The number of furan rings is 1. The van der Waals surface area contributed by atoms with E-state index in [2.05, 4.69) is 0 Å². The predicted molar refractivity (Wildman–Crippen MR) is 111 cm³/mol. The molecule has 1 fully saturated rings. The number of nitrogens with zero attached hydrogens (tertiary/aromatic N) is 1. The molecule has 1 aliphatic rings. The SMILES string of the molecule is Cc1ccc(/C(O)=C2/C(=O)C(=O)N(c3ccc(Cl)cc3)C2c2ccc(C)o2)cc1. The fourth-order valence-electron chi connectivity index (χ4n) is 3.44. The van der Waals surface area contributed by atoms with E-state index < -0.39 is 17.7 Å². The van der Waals surface area contributed by atoms with Crippen LogP contribution < -0.4 is 4.90 Å². The molecule has 1 atom stereocenters. The Bertz CT molecular complexity index is 1130. The number of aliphatic hydroxyl groups excluding tert-OH is 1. The normalized spacial score (nSPS) is 18.4. The van der Waals surface area contributed by atoms with E-state index in [1.165, 1.54) is 4.90 Å². The van der Waals surface area contributed by atoms with Crippen LogP contribution >= 0.6 is 11.6 Å². The Balaban J connectivity index is 1.92. The monoisotopic (exact) mass is 407 g/mol. The van der Waals surface area contributed by atoms with E-state index in [1.54, 1.807) is 55.5 Å². The Morgan fingerprint density at radius 3 is 2.21 bits per heavy atom. The molecule has 1 saturated heterocycles. The van der Waals surface area contributed by atoms with Gasteiger partial charge in [-0.3, -0.25) is 14.5 Å². The van der Waals surface area contributed by atoms with Crippen LogP contribution in [0.5, 0.6) is 0 Å². The van der Waals surface area contributed by atoms with Crippen molar-refractivity contribution in [2.45, 2.75) is 19.9 Å². The Morgan fingerprint density at radius 1 is 0.966 bits per heavy atom. The molecule has 0 radical (unpaired) electrons. The van der Waals surface area contributed by atoms with Gasteiger partial charge < -0.3 is 9.52 Å². The maximum atomic E-state index is 13.0. The number of hydrogen-bond acceptors (Lipinski definition) is 4. The number of hydrogen-bond donors (Lipinski definition) is 1. The predicted octanol–water partition coefficient (Wildman–Crippen LogP) is 5.18. The third-order valence-corrected chi connectivity index (χ3v) is 5.16. The van der Waals surface area contributed by atoms with Gasteiger partial charge in [-0.2, -0.15) is 0 Å². The van der Waals surface area contributed by atoms with Gasteiger partial charge in [-0.15, -0.1) is 0 Å². The average molecular weight is 408 g/mol. The van der Waals surface area contributed by atoms with Crippen LogP contribution in [0.4, 0.5) is 5.69 Å². The maximum absolute atomic E-state index is 13.0. The molecule has 1 aliphatic heterocycles. The number of aliphatic hydroxyl groups is 1. The summed E-state index contributed by atoms with van der Waals surface area (Å²) in [6.45, 7) is 3.70. The number of halogens is 1. The summed E-state index contributed by atoms with van der Waals surface area (Å²) >= 11 is 5.97. The van der Waals surface area contributed by atoms with Gasteiger partial charge in [0.15, 0.2) is 0 Å². The molecule has 4 rings (SSSR count). The van der Waals surface area contributed by atoms with Crippen molar-refractivity contribution >= 4 is 34.7 Å². The van der Waals surface area contributed by atoms with E-state index >= 15 is 0 Å². The molecule has 146 valence electrons. The van der Waals surface area contributed by atoms with Crippen LogP contribution in [0.1, 0.15) is 28.7 Å². The molecule has 1 N–H and O–H groups in total. The van der Waals surface area contributed by atoms with Gasteiger partial charge in [-0.1, -0.05) is 41.4 Å². The summed E-state index contributed by atoms with van der Waals surface area (Å²) in [6.07, 6.45) is 0. The number of amides is 1. The third kappa shape index (κ3) is 3.34. The minimum Gasteiger partial charge on any atom is -0.507 e. The van der Waals surface area contributed by atoms with Gasteiger partial charge in [0.05, 0.1) is 5.57 Å². The van der Waals surface area contributed by atoms with Gasteiger partial charge in [-0.05, 0) is 50.2 Å². The lowest BCUT2D eigenvalue weighted by Gasteiger charge is -2.23. The average Bonchev–Trinajstić information content (AvgIpc) is 3.24. The molecule has 1 amide bonds. The minimum atomic E-state index is -0.883. The van der Waals surface area contributed by atoms with E-state index in [-0.39, 0.29) is 11.3 Å². The fraction of sp³-hybridized carbons (Fsp3) is 0.130. The van der Waals surface area contributed by atoms with Crippen LogP contribution in [0.15, 0.2) is 70.7 Å². The van der Waals surface area contributed by atoms with Crippen LogP contribution in [-0.4, -0.2) is 16.8 Å². The zero-order valence-corrected chi connectivity index (χ0v) is 16.6. The lowest BCUT2D eigenvalue weighted by molar-refractivity contribution is -0.132. The summed E-state index contributed by atoms with van der Waals surface area (Å²) in [5, 5.41) is 11.5. The molecule has 5 nitrogen and oxygen atoms in total. The summed E-state index contributed by atoms with van der Waals surface area (Å²) in [4.78, 5) is 27.2. The van der Waals surface area contributed by atoms with Crippen molar-refractivity contribution in [1.82, 2.24) is 0 Å². The molecule has 1 aromatic heterocycles. The first-order valence-electron chi connectivity index (χ1n) is 9.07. The van der Waals surface area contributed by atoms with Crippen molar-refractivity contribution in [3.05, 3.63) is 93.9 Å². The molecule has 2 heterocycles. The summed E-state index contributed by atoms with van der Waals surface area (Å²) in [6, 6.07) is 16.3. The van der Waals surface area contributed by atoms with Gasteiger partial charge in [0.25, 0.3) is 11.7 Å². The van der Waals surface area contributed by atoms with E-state index in [0.717, 1.165) is 5.56 Å². The second kappa shape index (κ2) is 7.26. The van der Waals surface area contributed by atoms with Gasteiger partial charge in [-0.25, -0.2) is 0 Å². The molecule has 6 heteroatoms. The van der Waals surface area contributed by atoms with Crippen molar-refractivity contribution in [3.8, 4) is 0 Å². The van der Waals surface area contributed by atoms with Gasteiger partial charge in [0, 0.05) is 16.3 Å². The molecule has 0 saturated carbocycles. The van der Waals surface area contributed by atoms with Gasteiger partial charge in [0.2, 0.25) is 0 Å². The molecular formula is C23H18ClNO4. The molecule has 0 aliphatic carbocycles. The third-order valence-electron chi connectivity index (χ3n) is 4.90. The Morgan fingerprint density at radius 2 is 1.62 bits per heavy atom. The number of rotatable bonds is 3. The molecule has 0 spiro atoms. The Labute approximate surface area is 172 Å². The quantitative estimate of drug-likeness (QED) is 0.369. The van der Waals surface area contributed by atoms with Gasteiger partial charge >= 0.3 is 0 Å². The van der Waals surface area contributed by atoms with Crippen molar-refractivity contribution < 1.29 is 19.1 Å². The van der Waals surface area contributed by atoms with Crippen LogP contribution in [0.25, 0.3) is 5.76 Å². The number of anilines is 1. The lowest BCUT2D eigenvalue weighted by atomic mass is 9.98. The minimum absolute atomic E-state index is 0.0110. The summed E-state index contributed by atoms with van der Waals surface area (Å²) < 4.78 is 5.76. The zero-order chi connectivity index (χ0) is 20.7. The van der Waals surface area contributed by atoms with Crippen LogP contribution in [0.2, 0.25) is 5.02 Å². The van der Waals surface area contributed by atoms with E-state index in [0.29, 0.717) is 27.8 Å². The van der Waals surface area contributed by atoms with Crippen LogP contribution in [-0.2, 0) is 9.59 Å². The van der Waals surface area contributed by atoms with Crippen molar-refractivity contribution in [3.63, 3.8) is 0 Å². The zero-order valence-electron chi connectivity index (χ0n) is 15.8. The number of Topliss-reactive ketones (excluding diaryl/α,β-unsaturated/α-hetero) is 1. The Hall–Kier alpha value is -3.31. The smallest absolute Gasteiger partial charge is 0.300 e. The highest BCUT2D eigenvalue weighted by Gasteiger charge is 2.48. The van der Waals surface area contributed by atoms with Crippen LogP contribution in [0.3, 0.4) is 0 Å². The standard InChI is InChI=1S/C23H18ClNO4/c1-13-3-6-15(7-4-13)21(26)19-20(18-12-5-14(2)29-18)25(23(28)22(19)27)17-10-8-16(24)9-11-17/h3-12,20,26H,1-2H3/b21-19-. The topological polar surface area (TPSA) is 70.8 Å². The second-order valence-electron chi connectivity index (χ2n) is 6.96. The molecule has 29 heavy (non-hydrogen) atoms. The Kier molecular flexibility index (Phi) is 4.76. The molecule has 3 aromatic rings. The summed E-state index contributed by atoms with van der Waals surface area (Å²) in [5.74, 6) is -0.710. The second-order valence-corrected chi connectivity index (χ2v) is 7.40. The number of ketones is 1. The van der Waals surface area contributed by atoms with Gasteiger partial charge in [0.1, 0.15) is 23.3 Å². The molecule has 0 bridgehead atoms. The maximum Gasteiger partial charge on any atom is 0.300 e.